The van der Waals surface area contributed by atoms with Crippen LogP contribution in [-0.4, -0.2) is 49.5 Å². The van der Waals surface area contributed by atoms with Gasteiger partial charge in [0.05, 0.1) is 13.2 Å². The molecule has 1 heterocycles. The minimum Gasteiger partial charge on any atom is -0.379 e. The number of thioether (sulfide) groups is 1. The second kappa shape index (κ2) is 11.7. The molecular formula is C14H24Cl2N2OS. The quantitative estimate of drug-likeness (QED) is 0.809. The van der Waals surface area contributed by atoms with Crippen molar-refractivity contribution in [3.8, 4) is 0 Å². The van der Waals surface area contributed by atoms with Crippen LogP contribution in [-0.2, 0) is 4.74 Å². The normalized spacial score (nSPS) is 16.9. The monoisotopic (exact) mass is 338 g/mol. The van der Waals surface area contributed by atoms with Crippen molar-refractivity contribution in [1.29, 1.82) is 0 Å². The Morgan fingerprint density at radius 3 is 2.45 bits per heavy atom. The Morgan fingerprint density at radius 2 is 1.80 bits per heavy atom. The molecule has 20 heavy (non-hydrogen) atoms. The lowest BCUT2D eigenvalue weighted by Crippen LogP contribution is -2.39. The number of morpholine rings is 1. The summed E-state index contributed by atoms with van der Waals surface area (Å²) in [6.07, 6.45) is 1.07. The predicted octanol–water partition coefficient (Wildman–Crippen LogP) is 2.67. The van der Waals surface area contributed by atoms with Crippen molar-refractivity contribution in [3.63, 3.8) is 0 Å². The van der Waals surface area contributed by atoms with Gasteiger partial charge in [-0.15, -0.1) is 36.6 Å². The van der Waals surface area contributed by atoms with E-state index in [1.165, 1.54) is 4.90 Å². The Bertz CT molecular complexity index is 337. The van der Waals surface area contributed by atoms with Gasteiger partial charge in [-0.05, 0) is 25.1 Å². The van der Waals surface area contributed by atoms with Gasteiger partial charge in [0.15, 0.2) is 0 Å². The van der Waals surface area contributed by atoms with Crippen LogP contribution in [0.3, 0.4) is 0 Å². The molecule has 1 unspecified atom stereocenters. The highest BCUT2D eigenvalue weighted by Crippen LogP contribution is 2.18. The lowest BCUT2D eigenvalue weighted by molar-refractivity contribution is 0.0369. The van der Waals surface area contributed by atoms with E-state index in [1.807, 2.05) is 17.8 Å². The van der Waals surface area contributed by atoms with Crippen LogP contribution in [0.1, 0.15) is 6.42 Å². The molecule has 0 radical (unpaired) electrons. The fourth-order valence-electron chi connectivity index (χ4n) is 1.98. The SMILES string of the molecule is Cl.Cl.NC(CCN1CCOCC1)CSc1ccccc1. The Balaban J connectivity index is 0.00000180. The summed E-state index contributed by atoms with van der Waals surface area (Å²) in [5.74, 6) is 0.994. The Hall–Kier alpha value is 0.0300. The molecule has 1 saturated heterocycles. The molecule has 2 rings (SSSR count). The summed E-state index contributed by atoms with van der Waals surface area (Å²) >= 11 is 1.85. The first-order chi connectivity index (χ1) is 8.84. The van der Waals surface area contributed by atoms with E-state index in [0.717, 1.165) is 45.0 Å². The zero-order valence-corrected chi connectivity index (χ0v) is 14.0. The van der Waals surface area contributed by atoms with E-state index in [-0.39, 0.29) is 30.9 Å². The number of hydrogen-bond acceptors (Lipinski definition) is 4. The third-order valence-electron chi connectivity index (χ3n) is 3.13. The molecule has 0 spiro atoms. The van der Waals surface area contributed by atoms with Crippen molar-refractivity contribution in [2.75, 3.05) is 38.6 Å². The zero-order chi connectivity index (χ0) is 12.6. The van der Waals surface area contributed by atoms with E-state index in [2.05, 4.69) is 29.2 Å². The maximum atomic E-state index is 6.16. The van der Waals surface area contributed by atoms with Crippen LogP contribution < -0.4 is 5.73 Å². The van der Waals surface area contributed by atoms with Crippen LogP contribution in [0.25, 0.3) is 0 Å². The van der Waals surface area contributed by atoms with Crippen molar-refractivity contribution in [1.82, 2.24) is 4.90 Å². The van der Waals surface area contributed by atoms with E-state index in [0.29, 0.717) is 0 Å². The van der Waals surface area contributed by atoms with Crippen molar-refractivity contribution in [2.45, 2.75) is 17.4 Å². The van der Waals surface area contributed by atoms with E-state index in [9.17, 15) is 0 Å². The molecular weight excluding hydrogens is 315 g/mol. The van der Waals surface area contributed by atoms with Gasteiger partial charge in [0.25, 0.3) is 0 Å². The van der Waals surface area contributed by atoms with Gasteiger partial charge in [0.1, 0.15) is 0 Å². The number of halogens is 2. The van der Waals surface area contributed by atoms with Crippen LogP contribution in [0.4, 0.5) is 0 Å². The molecule has 0 amide bonds. The van der Waals surface area contributed by atoms with Crippen molar-refractivity contribution < 1.29 is 4.74 Å². The van der Waals surface area contributed by atoms with E-state index >= 15 is 0 Å². The minimum atomic E-state index is 0. The Morgan fingerprint density at radius 1 is 1.15 bits per heavy atom. The van der Waals surface area contributed by atoms with E-state index < -0.39 is 0 Å². The molecule has 0 bridgehead atoms. The number of rotatable bonds is 6. The number of nitrogens with two attached hydrogens (primary N) is 1. The van der Waals surface area contributed by atoms with Crippen LogP contribution in [0.15, 0.2) is 35.2 Å². The maximum Gasteiger partial charge on any atom is 0.0594 e. The van der Waals surface area contributed by atoms with Gasteiger partial charge in [-0.2, -0.15) is 0 Å². The molecule has 1 aliphatic rings. The molecule has 0 saturated carbocycles. The van der Waals surface area contributed by atoms with Crippen LogP contribution in [0.5, 0.6) is 0 Å². The Labute approximate surface area is 138 Å². The topological polar surface area (TPSA) is 38.5 Å². The predicted molar refractivity (Wildman–Crippen MR) is 91.5 cm³/mol. The lowest BCUT2D eigenvalue weighted by atomic mass is 10.2. The average molecular weight is 339 g/mol. The fraction of sp³-hybridized carbons (Fsp3) is 0.571. The summed E-state index contributed by atoms with van der Waals surface area (Å²) in [5.41, 5.74) is 6.16. The van der Waals surface area contributed by atoms with Gasteiger partial charge in [-0.25, -0.2) is 0 Å². The highest BCUT2D eigenvalue weighted by atomic mass is 35.5. The zero-order valence-electron chi connectivity index (χ0n) is 11.6. The van der Waals surface area contributed by atoms with Gasteiger partial charge < -0.3 is 10.5 Å². The molecule has 116 valence electrons. The van der Waals surface area contributed by atoms with Crippen molar-refractivity contribution in [3.05, 3.63) is 30.3 Å². The lowest BCUT2D eigenvalue weighted by Gasteiger charge is -2.27. The fourth-order valence-corrected chi connectivity index (χ4v) is 2.90. The van der Waals surface area contributed by atoms with E-state index in [4.69, 9.17) is 10.5 Å². The first kappa shape index (κ1) is 20.0. The number of ether oxygens (including phenoxy) is 1. The Kier molecular flexibility index (Phi) is 11.7. The van der Waals surface area contributed by atoms with Gasteiger partial charge in [-0.3, -0.25) is 4.90 Å². The summed E-state index contributed by atoms with van der Waals surface area (Å²) in [5, 5.41) is 0. The van der Waals surface area contributed by atoms with Crippen molar-refractivity contribution in [2.24, 2.45) is 5.73 Å². The standard InChI is InChI=1S/C14H22N2OS.2ClH/c15-13(6-7-16-8-10-17-11-9-16)12-18-14-4-2-1-3-5-14;;/h1-5,13H,6-12,15H2;2*1H. The molecule has 2 N–H and O–H groups in total. The molecule has 0 aromatic heterocycles. The van der Waals surface area contributed by atoms with Crippen LogP contribution in [0.2, 0.25) is 0 Å². The van der Waals surface area contributed by atoms with Gasteiger partial charge in [0.2, 0.25) is 0 Å². The number of benzene rings is 1. The van der Waals surface area contributed by atoms with Crippen LogP contribution in [0, 0.1) is 0 Å². The molecule has 1 aromatic rings. The summed E-state index contributed by atoms with van der Waals surface area (Å²) in [4.78, 5) is 3.75. The smallest absolute Gasteiger partial charge is 0.0594 e. The number of nitrogens with zero attached hydrogens (tertiary/aromatic N) is 1. The first-order valence-electron chi connectivity index (χ1n) is 6.58. The molecule has 3 nitrogen and oxygen atoms in total. The summed E-state index contributed by atoms with van der Waals surface area (Å²) in [7, 11) is 0. The average Bonchev–Trinajstić information content (AvgIpc) is 2.45. The first-order valence-corrected chi connectivity index (χ1v) is 7.56. The highest BCUT2D eigenvalue weighted by molar-refractivity contribution is 7.99. The highest BCUT2D eigenvalue weighted by Gasteiger charge is 2.11. The van der Waals surface area contributed by atoms with E-state index in [1.54, 1.807) is 0 Å². The molecule has 0 aliphatic carbocycles. The third-order valence-corrected chi connectivity index (χ3v) is 4.33. The summed E-state index contributed by atoms with van der Waals surface area (Å²) < 4.78 is 5.33. The second-order valence-electron chi connectivity index (χ2n) is 4.63. The summed E-state index contributed by atoms with van der Waals surface area (Å²) in [6, 6.07) is 10.7. The minimum absolute atomic E-state index is 0. The van der Waals surface area contributed by atoms with Gasteiger partial charge in [-0.1, -0.05) is 18.2 Å². The maximum absolute atomic E-state index is 6.16. The molecule has 1 atom stereocenters. The molecule has 1 aromatic carbocycles. The second-order valence-corrected chi connectivity index (χ2v) is 5.72. The van der Waals surface area contributed by atoms with Crippen molar-refractivity contribution >= 4 is 36.6 Å². The van der Waals surface area contributed by atoms with Crippen LogP contribution >= 0.6 is 36.6 Å². The number of hydrogen-bond donors (Lipinski definition) is 1. The third kappa shape index (κ3) is 7.72. The summed E-state index contributed by atoms with van der Waals surface area (Å²) in [6.45, 7) is 4.94. The molecule has 1 fully saturated rings. The van der Waals surface area contributed by atoms with Gasteiger partial charge >= 0.3 is 0 Å². The molecule has 6 heteroatoms. The van der Waals surface area contributed by atoms with Gasteiger partial charge in [0, 0.05) is 29.8 Å². The molecule has 1 aliphatic heterocycles. The largest absolute Gasteiger partial charge is 0.379 e.